The molecule has 20 heteroatoms. The van der Waals surface area contributed by atoms with Crippen LogP contribution in [0.25, 0.3) is 0 Å². The van der Waals surface area contributed by atoms with Crippen molar-refractivity contribution in [1.82, 2.24) is 26.4 Å². The number of hydrogen-bond acceptors (Lipinski definition) is 14. The summed E-state index contributed by atoms with van der Waals surface area (Å²) in [6.07, 6.45) is 10.4. The minimum absolute atomic E-state index is 0.0465. The van der Waals surface area contributed by atoms with Crippen LogP contribution in [0, 0.1) is 59.0 Å². The van der Waals surface area contributed by atoms with Crippen molar-refractivity contribution >= 4 is 41.2 Å². The Morgan fingerprint density at radius 2 is 1.69 bits per heavy atom. The van der Waals surface area contributed by atoms with Crippen LogP contribution in [0.1, 0.15) is 151 Å². The molecular formula is C61H87F2N5O13. The van der Waals surface area contributed by atoms with Gasteiger partial charge in [0, 0.05) is 61.3 Å². The van der Waals surface area contributed by atoms with Gasteiger partial charge >= 0.3 is 5.97 Å². The summed E-state index contributed by atoms with van der Waals surface area (Å²) in [7, 11) is 0. The predicted molar refractivity (Wildman–Crippen MR) is 297 cm³/mol. The molecule has 8 N–H and O–H groups in total. The number of piperidine rings is 1. The van der Waals surface area contributed by atoms with Gasteiger partial charge in [0.05, 0.1) is 30.3 Å². The van der Waals surface area contributed by atoms with Gasteiger partial charge in [-0.1, -0.05) is 104 Å². The zero-order chi connectivity index (χ0) is 59.8. The number of nitrogens with one attached hydrogen (secondary N) is 4. The van der Waals surface area contributed by atoms with Crippen molar-refractivity contribution in [3.05, 3.63) is 77.4 Å². The summed E-state index contributed by atoms with van der Waals surface area (Å²) in [6.45, 7) is 17.6. The number of esters is 1. The quantitative estimate of drug-likeness (QED) is 0.0585. The highest BCUT2D eigenvalue weighted by Gasteiger charge is 2.65. The first kappa shape index (κ1) is 64.5. The molecule has 2 bridgehead atoms. The highest BCUT2D eigenvalue weighted by atomic mass is 19.1. The van der Waals surface area contributed by atoms with E-state index < -0.39 is 124 Å². The van der Waals surface area contributed by atoms with Crippen molar-refractivity contribution in [3.8, 4) is 5.75 Å². The summed E-state index contributed by atoms with van der Waals surface area (Å²) in [5.41, 5.74) is 0.362. The zero-order valence-corrected chi connectivity index (χ0v) is 48.6. The maximum atomic E-state index is 15.6. The number of aromatic hydroxyl groups is 1. The van der Waals surface area contributed by atoms with Crippen LogP contribution < -0.4 is 21.4 Å². The van der Waals surface area contributed by atoms with Gasteiger partial charge in [-0.25, -0.2) is 14.2 Å². The van der Waals surface area contributed by atoms with Gasteiger partial charge in [0.25, 0.3) is 5.91 Å². The Balaban J connectivity index is 1.22. The predicted octanol–water partition coefficient (Wildman–Crippen LogP) is 6.21. The average Bonchev–Trinajstić information content (AvgIpc) is 4.26. The Bertz CT molecular complexity index is 2610. The second-order valence-corrected chi connectivity index (χ2v) is 24.0. The number of carbonyl (C=O) groups is 7. The van der Waals surface area contributed by atoms with E-state index in [-0.39, 0.29) is 91.9 Å². The van der Waals surface area contributed by atoms with Crippen molar-refractivity contribution < 1.29 is 72.2 Å². The number of ether oxygens (including phenoxy) is 2. The zero-order valence-electron chi connectivity index (χ0n) is 48.6. The number of amides is 4. The van der Waals surface area contributed by atoms with E-state index in [1.54, 1.807) is 39.0 Å². The van der Waals surface area contributed by atoms with Gasteiger partial charge in [0.15, 0.2) is 23.2 Å². The minimum Gasteiger partial charge on any atom is -0.503 e. The second kappa shape index (κ2) is 27.6. The SMILES string of the molecule is CC[C@H]1C[C@H](C)[C@@]2(NC1=O)O[C@@H](C[C@H](O)[C@@H](C)CC/C=C/C=C(\C)[C@@H]1C/C=C/C=C/[C@H](O)[C@H](C)C(=O)[C@@H](CCC(C)=O)C(=O)N[C@@H](C(C)C)C(=O)NC3(CC3c3ccc(F)c(O)c3F)C(=O)N3CCCC(N3)C(=O)O1)[C@H](C)[C@H](O)[C@@H]2C. The molecule has 2 spiro atoms. The van der Waals surface area contributed by atoms with Crippen molar-refractivity contribution in [2.75, 3.05) is 6.54 Å². The number of ketones is 2. The highest BCUT2D eigenvalue weighted by molar-refractivity contribution is 6.05. The van der Waals surface area contributed by atoms with E-state index in [2.05, 4.69) is 21.4 Å². The van der Waals surface area contributed by atoms with Crippen LogP contribution in [0.15, 0.2) is 60.2 Å². The Kier molecular flexibility index (Phi) is 22.0. The average molecular weight is 1140 g/mol. The number of phenols is 1. The molecule has 1 aromatic carbocycles. The molecule has 0 radical (unpaired) electrons. The molecule has 81 heavy (non-hydrogen) atoms. The van der Waals surface area contributed by atoms with E-state index in [0.717, 1.165) is 17.1 Å². The van der Waals surface area contributed by atoms with E-state index in [1.807, 2.05) is 46.8 Å². The summed E-state index contributed by atoms with van der Waals surface area (Å²) in [5, 5.41) is 54.0. The molecule has 448 valence electrons. The Labute approximate surface area is 475 Å². The molecule has 3 unspecified atom stereocenters. The molecule has 17 atom stereocenters. The maximum Gasteiger partial charge on any atom is 0.325 e. The summed E-state index contributed by atoms with van der Waals surface area (Å²) in [6, 6.07) is -0.558. The van der Waals surface area contributed by atoms with Gasteiger partial charge in [-0.3, -0.25) is 33.8 Å². The summed E-state index contributed by atoms with van der Waals surface area (Å²) in [4.78, 5) is 96.8. The van der Waals surface area contributed by atoms with Crippen LogP contribution in [0.5, 0.6) is 5.75 Å². The van der Waals surface area contributed by atoms with Gasteiger partial charge in [0.2, 0.25) is 17.7 Å². The lowest BCUT2D eigenvalue weighted by molar-refractivity contribution is -0.267. The lowest BCUT2D eigenvalue weighted by Crippen LogP contribution is -2.71. The fourth-order valence-corrected chi connectivity index (χ4v) is 12.0. The van der Waals surface area contributed by atoms with Crippen LogP contribution >= 0.6 is 0 Å². The van der Waals surface area contributed by atoms with Crippen LogP contribution in [-0.4, -0.2) is 127 Å². The number of aliphatic hydroxyl groups is 3. The van der Waals surface area contributed by atoms with Crippen molar-refractivity contribution in [3.63, 3.8) is 0 Å². The first-order chi connectivity index (χ1) is 38.2. The first-order valence-electron chi connectivity index (χ1n) is 29.0. The number of allylic oxidation sites excluding steroid dienone is 5. The topological polar surface area (TPSA) is 270 Å². The Morgan fingerprint density at radius 3 is 2.37 bits per heavy atom. The molecule has 4 aliphatic heterocycles. The summed E-state index contributed by atoms with van der Waals surface area (Å²) in [5.74, 6) is -13.6. The molecule has 4 heterocycles. The van der Waals surface area contributed by atoms with Crippen LogP contribution in [0.3, 0.4) is 0 Å². The largest absolute Gasteiger partial charge is 0.503 e. The smallest absolute Gasteiger partial charge is 0.325 e. The van der Waals surface area contributed by atoms with Gasteiger partial charge in [-0.2, -0.15) is 0 Å². The van der Waals surface area contributed by atoms with Crippen LogP contribution in [-0.2, 0) is 43.0 Å². The standard InChI is InChI=1S/C61H87F2N5O13/c1-11-40-29-35(6)61(66-55(40)75)39(10)52(72)38(9)49(81-61)30-47(71)33(4)19-14-12-15-20-34(5)48-23-17-13-16-22-46(70)37(8)53(73)42(25-24-36(7)69)56(76)64-51(32(2)3)57(77)65-60(31-43(60)41-26-27-44(62)54(74)50(41)63)59(79)68-28-18-21-45(67-68)58(78)80-48/h12-13,15-17,20,22,26-27,32-33,35,37-40,42-43,45-49,51-52,67,70-72,74H,11,14,18-19,21,23-25,28-31H2,1-10H3,(H,64,76)(H,65,77)(H,66,75)/b15-12+,17-13+,22-16+,34-20+/t33-,35-,37-,38-,39-,40-,42+,43?,45?,46-,47-,48-,49-,51-,52-,60?,61+/m0/s1. The molecule has 4 amide bonds. The molecule has 1 saturated carbocycles. The number of phenolic OH excluding ortho intramolecular Hbond substituents is 1. The number of halogens is 2. The third kappa shape index (κ3) is 14.8. The van der Waals surface area contributed by atoms with Gasteiger partial charge in [-0.05, 0) is 94.3 Å². The third-order valence-corrected chi connectivity index (χ3v) is 17.8. The van der Waals surface area contributed by atoms with E-state index in [1.165, 1.54) is 26.0 Å². The third-order valence-electron chi connectivity index (χ3n) is 17.8. The number of Topliss-reactive ketones (excluding diaryl/α,β-unsaturated/α-hetero) is 2. The fraction of sp³-hybridized carbons (Fsp3) is 0.656. The van der Waals surface area contributed by atoms with E-state index in [4.69, 9.17) is 9.47 Å². The molecule has 18 nitrogen and oxygen atoms in total. The maximum absolute atomic E-state index is 15.6. The number of hydrogen-bond donors (Lipinski definition) is 8. The van der Waals surface area contributed by atoms with Crippen LogP contribution in [0.2, 0.25) is 0 Å². The molecule has 1 aliphatic carbocycles. The molecule has 4 fully saturated rings. The summed E-state index contributed by atoms with van der Waals surface area (Å²) >= 11 is 0. The normalized spacial score (nSPS) is 35.6. The van der Waals surface area contributed by atoms with Crippen molar-refractivity contribution in [2.45, 2.75) is 200 Å². The second-order valence-electron chi connectivity index (χ2n) is 24.0. The molecule has 6 rings (SSSR count). The molecule has 3 saturated heterocycles. The van der Waals surface area contributed by atoms with E-state index in [9.17, 15) is 58.4 Å². The number of carbonyl (C=O) groups excluding carboxylic acids is 7. The Morgan fingerprint density at radius 1 is 0.975 bits per heavy atom. The first-order valence-corrected chi connectivity index (χ1v) is 29.0. The lowest BCUT2D eigenvalue weighted by Gasteiger charge is -2.56. The van der Waals surface area contributed by atoms with Gasteiger partial charge in [-0.15, -0.1) is 0 Å². The van der Waals surface area contributed by atoms with Gasteiger partial charge in [0.1, 0.15) is 35.2 Å². The van der Waals surface area contributed by atoms with E-state index in [0.29, 0.717) is 37.7 Å². The Hall–Kier alpha value is -5.67. The number of hydrazine groups is 1. The fourth-order valence-electron chi connectivity index (χ4n) is 12.0. The number of benzene rings is 1. The summed E-state index contributed by atoms with van der Waals surface area (Å²) < 4.78 is 42.9. The van der Waals surface area contributed by atoms with Crippen LogP contribution in [0.4, 0.5) is 8.78 Å². The lowest BCUT2D eigenvalue weighted by atomic mass is 9.69. The van der Waals surface area contributed by atoms with Crippen molar-refractivity contribution in [1.29, 1.82) is 0 Å². The van der Waals surface area contributed by atoms with E-state index >= 15 is 4.39 Å². The van der Waals surface area contributed by atoms with Crippen molar-refractivity contribution in [2.24, 2.45) is 47.3 Å². The number of rotatable bonds is 14. The van der Waals surface area contributed by atoms with Gasteiger partial charge < -0.3 is 50.6 Å². The molecule has 5 aliphatic rings. The molecule has 1 aromatic rings. The monoisotopic (exact) mass is 1140 g/mol. The molecule has 0 aromatic heterocycles. The minimum atomic E-state index is -1.93. The number of cyclic esters (lactones) is 1. The number of nitrogens with zero attached hydrogens (tertiary/aromatic N) is 1. The number of fused-ring (bicyclic) bond motifs is 2. The highest BCUT2D eigenvalue weighted by Crippen LogP contribution is 2.54. The molecular weight excluding hydrogens is 1050 g/mol. The number of aliphatic hydroxyl groups excluding tert-OH is 3.